The summed E-state index contributed by atoms with van der Waals surface area (Å²) in [7, 11) is 1.85. The molecule has 6 rings (SSSR count). The number of amides is 2. The van der Waals surface area contributed by atoms with Crippen LogP contribution in [0.4, 0.5) is 5.95 Å². The maximum Gasteiger partial charge on any atom is 0.258 e. The largest absolute Gasteiger partial charge is 0.477 e. The molecule has 2 N–H and O–H groups in total. The van der Waals surface area contributed by atoms with Crippen LogP contribution in [0.3, 0.4) is 0 Å². The molecule has 2 aliphatic rings. The Bertz CT molecular complexity index is 1650. The standard InChI is InChI=1S/C32H37N7O3/c1-4-29(40)35-25-10-8-9-22(25)16-21-11-12-26-28(17-21)39-13-6-5-7-14-42-31-24(19-33-38(31)3)27-18-23(15-20(2)34-27)30(41)37-32(39)36-26/h4,11-12,15,17-19,22,25H,1,5-10,13-14,16H2,2-3H3,(H,35,40)(H,36,37,41). The van der Waals surface area contributed by atoms with Gasteiger partial charge in [-0.1, -0.05) is 19.1 Å². The van der Waals surface area contributed by atoms with E-state index >= 15 is 0 Å². The van der Waals surface area contributed by atoms with E-state index in [0.717, 1.165) is 67.2 Å². The molecule has 218 valence electrons. The minimum Gasteiger partial charge on any atom is -0.477 e. The lowest BCUT2D eigenvalue weighted by molar-refractivity contribution is -0.117. The molecule has 2 bridgehead atoms. The summed E-state index contributed by atoms with van der Waals surface area (Å²) < 4.78 is 9.98. The zero-order chi connectivity index (χ0) is 29.2. The molecule has 2 amide bonds. The van der Waals surface area contributed by atoms with E-state index in [4.69, 9.17) is 9.72 Å². The highest BCUT2D eigenvalue weighted by Crippen LogP contribution is 2.32. The lowest BCUT2D eigenvalue weighted by Gasteiger charge is -2.20. The minimum absolute atomic E-state index is 0.112. The first kappa shape index (κ1) is 27.7. The van der Waals surface area contributed by atoms with Crippen LogP contribution in [0.25, 0.3) is 22.3 Å². The summed E-state index contributed by atoms with van der Waals surface area (Å²) >= 11 is 0. The monoisotopic (exact) mass is 567 g/mol. The first-order valence-corrected chi connectivity index (χ1v) is 14.8. The van der Waals surface area contributed by atoms with Crippen molar-refractivity contribution in [2.75, 3.05) is 11.9 Å². The van der Waals surface area contributed by atoms with Crippen molar-refractivity contribution in [1.82, 2.24) is 29.6 Å². The van der Waals surface area contributed by atoms with E-state index in [0.29, 0.717) is 42.2 Å². The van der Waals surface area contributed by atoms with Gasteiger partial charge in [0.05, 0.1) is 35.1 Å². The van der Waals surface area contributed by atoms with Crippen molar-refractivity contribution in [3.63, 3.8) is 0 Å². The molecule has 3 aromatic heterocycles. The van der Waals surface area contributed by atoms with Crippen molar-refractivity contribution >= 4 is 28.8 Å². The average Bonchev–Trinajstić information content (AvgIpc) is 3.66. The number of nitrogens with zero attached hydrogens (tertiary/aromatic N) is 5. The molecule has 0 saturated heterocycles. The van der Waals surface area contributed by atoms with Gasteiger partial charge in [-0.15, -0.1) is 0 Å². The fraction of sp³-hybridized carbons (Fsp3) is 0.406. The Labute approximate surface area is 245 Å². The smallest absolute Gasteiger partial charge is 0.258 e. The molecule has 1 aliphatic heterocycles. The van der Waals surface area contributed by atoms with Crippen LogP contribution in [-0.4, -0.2) is 48.8 Å². The molecule has 1 aromatic carbocycles. The third kappa shape index (κ3) is 5.66. The number of hydrogen-bond donors (Lipinski definition) is 2. The number of ether oxygens (including phenoxy) is 1. The maximum absolute atomic E-state index is 13.6. The molecule has 4 aromatic rings. The Balaban J connectivity index is 1.32. The molecule has 10 nitrogen and oxygen atoms in total. The van der Waals surface area contributed by atoms with Gasteiger partial charge in [0.2, 0.25) is 17.7 Å². The van der Waals surface area contributed by atoms with Crippen LogP contribution >= 0.6 is 0 Å². The predicted octanol–water partition coefficient (Wildman–Crippen LogP) is 4.97. The van der Waals surface area contributed by atoms with Crippen molar-refractivity contribution in [3.8, 4) is 17.1 Å². The van der Waals surface area contributed by atoms with Gasteiger partial charge in [0.25, 0.3) is 5.91 Å². The van der Waals surface area contributed by atoms with Crippen molar-refractivity contribution in [3.05, 3.63) is 66.0 Å². The van der Waals surface area contributed by atoms with Crippen molar-refractivity contribution in [2.45, 2.75) is 64.5 Å². The molecule has 42 heavy (non-hydrogen) atoms. The second kappa shape index (κ2) is 11.8. The summed E-state index contributed by atoms with van der Waals surface area (Å²) in [5, 5.41) is 10.6. The van der Waals surface area contributed by atoms with Crippen LogP contribution in [0.1, 0.15) is 60.1 Å². The maximum atomic E-state index is 13.6. The molecule has 0 spiro atoms. The first-order chi connectivity index (χ1) is 20.4. The van der Waals surface area contributed by atoms with Crippen LogP contribution in [0.5, 0.6) is 5.88 Å². The van der Waals surface area contributed by atoms with Gasteiger partial charge in [0.1, 0.15) is 0 Å². The molecule has 1 aliphatic carbocycles. The predicted molar refractivity (Wildman–Crippen MR) is 161 cm³/mol. The van der Waals surface area contributed by atoms with Crippen LogP contribution in [0, 0.1) is 12.8 Å². The number of aromatic nitrogens is 5. The Morgan fingerprint density at radius 1 is 1.17 bits per heavy atom. The third-order valence-corrected chi connectivity index (χ3v) is 8.35. The van der Waals surface area contributed by atoms with Crippen molar-refractivity contribution < 1.29 is 14.3 Å². The van der Waals surface area contributed by atoms with Gasteiger partial charge in [0, 0.05) is 30.9 Å². The van der Waals surface area contributed by atoms with E-state index in [9.17, 15) is 9.59 Å². The highest BCUT2D eigenvalue weighted by atomic mass is 16.5. The molecular formula is C32H37N7O3. The zero-order valence-electron chi connectivity index (χ0n) is 24.2. The SMILES string of the molecule is C=CC(=O)NC1CCCC1Cc1ccc2nc3n(c2c1)CCCCCOc1c(cnn1C)-c1cc(cc(C)n1)C(=O)N3. The number of aryl methyl sites for hydroxylation is 3. The molecule has 2 unspecified atom stereocenters. The normalized spacial score (nSPS) is 19.1. The van der Waals surface area contributed by atoms with E-state index < -0.39 is 0 Å². The number of fused-ring (bicyclic) bond motifs is 7. The van der Waals surface area contributed by atoms with Crippen molar-refractivity contribution in [2.24, 2.45) is 13.0 Å². The molecule has 10 heteroatoms. The second-order valence-corrected chi connectivity index (χ2v) is 11.4. The minimum atomic E-state index is -0.244. The van der Waals surface area contributed by atoms with Crippen LogP contribution in [-0.2, 0) is 24.8 Å². The van der Waals surface area contributed by atoms with E-state index in [2.05, 4.69) is 44.0 Å². The molecule has 4 heterocycles. The summed E-state index contributed by atoms with van der Waals surface area (Å²) in [6.45, 7) is 6.75. The summed E-state index contributed by atoms with van der Waals surface area (Å²) in [5.41, 5.74) is 5.67. The quantitative estimate of drug-likeness (QED) is 0.337. The molecule has 1 fully saturated rings. The van der Waals surface area contributed by atoms with Gasteiger partial charge in [-0.2, -0.15) is 5.10 Å². The zero-order valence-corrected chi connectivity index (χ0v) is 24.2. The fourth-order valence-corrected chi connectivity index (χ4v) is 6.23. The van der Waals surface area contributed by atoms with Gasteiger partial charge >= 0.3 is 0 Å². The Kier molecular flexibility index (Phi) is 7.78. The van der Waals surface area contributed by atoms with Crippen LogP contribution in [0.2, 0.25) is 0 Å². The van der Waals surface area contributed by atoms with Crippen LogP contribution < -0.4 is 15.4 Å². The Morgan fingerprint density at radius 2 is 2.05 bits per heavy atom. The number of nitrogens with one attached hydrogen (secondary N) is 2. The van der Waals surface area contributed by atoms with Gasteiger partial charge in [0.15, 0.2) is 0 Å². The van der Waals surface area contributed by atoms with E-state index in [-0.39, 0.29) is 17.9 Å². The number of anilines is 1. The Hall–Kier alpha value is -4.47. The number of hydrogen-bond acceptors (Lipinski definition) is 6. The Morgan fingerprint density at radius 3 is 2.90 bits per heavy atom. The lowest BCUT2D eigenvalue weighted by Crippen LogP contribution is -2.37. The first-order valence-electron chi connectivity index (χ1n) is 14.8. The lowest BCUT2D eigenvalue weighted by atomic mass is 9.94. The van der Waals surface area contributed by atoms with E-state index in [1.54, 1.807) is 23.0 Å². The number of pyridine rings is 1. The van der Waals surface area contributed by atoms with E-state index in [1.165, 1.54) is 11.6 Å². The topological polar surface area (TPSA) is 116 Å². The molecule has 1 saturated carbocycles. The molecular weight excluding hydrogens is 530 g/mol. The summed E-state index contributed by atoms with van der Waals surface area (Å²) in [5.74, 6) is 1.20. The average molecular weight is 568 g/mol. The van der Waals surface area contributed by atoms with Gasteiger partial charge in [-0.05, 0) is 87.3 Å². The summed E-state index contributed by atoms with van der Waals surface area (Å²) in [6, 6.07) is 10.1. The number of imidazole rings is 1. The summed E-state index contributed by atoms with van der Waals surface area (Å²) in [6.07, 6.45) is 9.87. The number of carbonyl (C=O) groups is 2. The molecule has 0 radical (unpaired) electrons. The number of rotatable bonds is 4. The van der Waals surface area contributed by atoms with Gasteiger partial charge in [-0.25, -0.2) is 9.67 Å². The number of benzene rings is 1. The number of carbonyl (C=O) groups excluding carboxylic acids is 2. The second-order valence-electron chi connectivity index (χ2n) is 11.4. The fourth-order valence-electron chi connectivity index (χ4n) is 6.23. The van der Waals surface area contributed by atoms with E-state index in [1.807, 2.05) is 20.0 Å². The highest BCUT2D eigenvalue weighted by Gasteiger charge is 2.28. The summed E-state index contributed by atoms with van der Waals surface area (Å²) in [4.78, 5) is 35.1. The van der Waals surface area contributed by atoms with Crippen LogP contribution in [0.15, 0.2) is 49.2 Å². The molecule has 2 atom stereocenters. The van der Waals surface area contributed by atoms with Gasteiger partial charge < -0.3 is 14.6 Å². The van der Waals surface area contributed by atoms with Crippen molar-refractivity contribution in [1.29, 1.82) is 0 Å². The highest BCUT2D eigenvalue weighted by molar-refractivity contribution is 6.04. The van der Waals surface area contributed by atoms with Gasteiger partial charge in [-0.3, -0.25) is 19.9 Å². The third-order valence-electron chi connectivity index (χ3n) is 8.35.